The number of nitrogens with zero attached hydrogens (tertiary/aromatic N) is 2. The maximum atomic E-state index is 13.0. The number of carbonyl (C=O) groups excluding carboxylic acids is 1. The summed E-state index contributed by atoms with van der Waals surface area (Å²) >= 11 is 0. The summed E-state index contributed by atoms with van der Waals surface area (Å²) in [6.07, 6.45) is 1.57. The van der Waals surface area contributed by atoms with E-state index in [0.29, 0.717) is 6.54 Å². The molecule has 0 spiro atoms. The molecule has 2 N–H and O–H groups in total. The number of aromatic nitrogens is 1. The van der Waals surface area contributed by atoms with Crippen molar-refractivity contribution in [3.05, 3.63) is 100.0 Å². The van der Waals surface area contributed by atoms with E-state index in [1.165, 1.54) is 6.07 Å². The average Bonchev–Trinajstić information content (AvgIpc) is 2.90. The molecular formula is C24H26ClN3O3. The molecule has 0 fully saturated rings. The number of amides is 1. The number of carbonyl (C=O) groups is 1. The molecule has 0 unspecified atom stereocenters. The quantitative estimate of drug-likeness (QED) is 0.652. The lowest BCUT2D eigenvalue weighted by atomic mass is 9.96. The summed E-state index contributed by atoms with van der Waals surface area (Å²) in [7, 11) is 0. The summed E-state index contributed by atoms with van der Waals surface area (Å²) in [5.74, 6) is -0.831. The van der Waals surface area contributed by atoms with Crippen LogP contribution in [0.2, 0.25) is 0 Å². The van der Waals surface area contributed by atoms with Crippen molar-refractivity contribution in [3.8, 4) is 5.75 Å². The third kappa shape index (κ3) is 4.30. The highest BCUT2D eigenvalue weighted by atomic mass is 35.5. The predicted octanol–water partition coefficient (Wildman–Crippen LogP) is 3.47. The zero-order chi connectivity index (χ0) is 21.3. The molecule has 1 aromatic heterocycles. The number of hydrogen-bond donors (Lipinski definition) is 2. The first-order valence-electron chi connectivity index (χ1n) is 10.1. The van der Waals surface area contributed by atoms with Crippen LogP contribution in [0.15, 0.2) is 77.7 Å². The fourth-order valence-corrected chi connectivity index (χ4v) is 3.93. The Kier molecular flexibility index (Phi) is 6.71. The number of pyridine rings is 1. The van der Waals surface area contributed by atoms with E-state index in [1.54, 1.807) is 10.9 Å². The van der Waals surface area contributed by atoms with E-state index >= 15 is 0 Å². The molecule has 0 saturated heterocycles. The summed E-state index contributed by atoms with van der Waals surface area (Å²) < 4.78 is 1.62. The van der Waals surface area contributed by atoms with Crippen LogP contribution in [0.3, 0.4) is 0 Å². The zero-order valence-corrected chi connectivity index (χ0v) is 18.3. The second-order valence-electron chi connectivity index (χ2n) is 7.89. The third-order valence-electron chi connectivity index (χ3n) is 5.58. The predicted molar refractivity (Wildman–Crippen MR) is 124 cm³/mol. The second-order valence-corrected chi connectivity index (χ2v) is 7.89. The van der Waals surface area contributed by atoms with Gasteiger partial charge >= 0.3 is 0 Å². The maximum absolute atomic E-state index is 13.0. The van der Waals surface area contributed by atoms with E-state index in [9.17, 15) is 14.7 Å². The summed E-state index contributed by atoms with van der Waals surface area (Å²) in [5, 5.41) is 15.5. The Morgan fingerprint density at radius 3 is 2.00 bits per heavy atom. The Morgan fingerprint density at radius 2 is 1.48 bits per heavy atom. The lowest BCUT2D eigenvalue weighted by molar-refractivity contribution is 0.0924. The Balaban J connectivity index is 0.00000272. The van der Waals surface area contributed by atoms with Gasteiger partial charge < -0.3 is 10.4 Å². The van der Waals surface area contributed by atoms with Crippen LogP contribution in [0.4, 0.5) is 0 Å². The van der Waals surface area contributed by atoms with Gasteiger partial charge in [-0.1, -0.05) is 74.5 Å². The van der Waals surface area contributed by atoms with E-state index < -0.39 is 17.1 Å². The molecule has 31 heavy (non-hydrogen) atoms. The summed E-state index contributed by atoms with van der Waals surface area (Å²) in [6, 6.07) is 21.0. The number of hydrogen-bond acceptors (Lipinski definition) is 4. The van der Waals surface area contributed by atoms with Gasteiger partial charge in [-0.25, -0.2) is 0 Å². The van der Waals surface area contributed by atoms with E-state index in [2.05, 4.69) is 5.32 Å². The SMILES string of the molecule is CC(C)[C@H]1CN(C(c2ccccc2)c2ccccc2)n2ccc(=O)c(O)c2C(=O)N1.Cl. The van der Waals surface area contributed by atoms with Gasteiger partial charge in [-0.2, -0.15) is 0 Å². The van der Waals surface area contributed by atoms with Crippen molar-refractivity contribution in [2.45, 2.75) is 25.9 Å². The smallest absolute Gasteiger partial charge is 0.274 e. The Hall–Kier alpha value is -3.25. The second kappa shape index (κ2) is 9.27. The summed E-state index contributed by atoms with van der Waals surface area (Å²) in [4.78, 5) is 25.1. The number of rotatable bonds is 4. The molecule has 2 aromatic carbocycles. The Bertz CT molecular complexity index is 1060. The van der Waals surface area contributed by atoms with Crippen LogP contribution in [0.1, 0.15) is 41.5 Å². The lowest BCUT2D eigenvalue weighted by Crippen LogP contribution is -2.47. The molecule has 162 valence electrons. The molecule has 1 amide bonds. The molecule has 1 aliphatic heterocycles. The highest BCUT2D eigenvalue weighted by Crippen LogP contribution is 2.31. The van der Waals surface area contributed by atoms with Crippen LogP contribution in [0.25, 0.3) is 0 Å². The zero-order valence-electron chi connectivity index (χ0n) is 17.4. The van der Waals surface area contributed by atoms with Gasteiger partial charge in [0.05, 0.1) is 18.6 Å². The van der Waals surface area contributed by atoms with Crippen molar-refractivity contribution in [1.82, 2.24) is 9.99 Å². The van der Waals surface area contributed by atoms with Crippen molar-refractivity contribution >= 4 is 18.3 Å². The van der Waals surface area contributed by atoms with Gasteiger partial charge in [0, 0.05) is 12.3 Å². The van der Waals surface area contributed by atoms with Crippen molar-refractivity contribution in [1.29, 1.82) is 0 Å². The van der Waals surface area contributed by atoms with Crippen LogP contribution >= 0.6 is 12.4 Å². The number of halogens is 1. The lowest BCUT2D eigenvalue weighted by Gasteiger charge is -2.37. The highest BCUT2D eigenvalue weighted by Gasteiger charge is 2.34. The van der Waals surface area contributed by atoms with Crippen LogP contribution in [-0.4, -0.2) is 28.3 Å². The van der Waals surface area contributed by atoms with Crippen molar-refractivity contribution in [2.75, 3.05) is 11.6 Å². The molecule has 0 radical (unpaired) electrons. The molecular weight excluding hydrogens is 414 g/mol. The minimum Gasteiger partial charge on any atom is -0.502 e. The first-order chi connectivity index (χ1) is 14.5. The number of fused-ring (bicyclic) bond motifs is 1. The van der Waals surface area contributed by atoms with Gasteiger partial charge in [-0.05, 0) is 17.0 Å². The molecule has 0 bridgehead atoms. The van der Waals surface area contributed by atoms with Crippen LogP contribution < -0.4 is 15.8 Å². The number of aromatic hydroxyl groups is 1. The molecule has 1 atom stereocenters. The molecule has 2 heterocycles. The van der Waals surface area contributed by atoms with Crippen LogP contribution in [0, 0.1) is 5.92 Å². The van der Waals surface area contributed by atoms with Crippen molar-refractivity contribution < 1.29 is 9.90 Å². The molecule has 3 aromatic rings. The summed E-state index contributed by atoms with van der Waals surface area (Å²) in [6.45, 7) is 4.60. The van der Waals surface area contributed by atoms with Crippen LogP contribution in [0.5, 0.6) is 5.75 Å². The Labute approximate surface area is 187 Å². The topological polar surface area (TPSA) is 74.6 Å². The summed E-state index contributed by atoms with van der Waals surface area (Å²) in [5.41, 5.74) is 1.48. The van der Waals surface area contributed by atoms with Gasteiger partial charge in [-0.15, -0.1) is 12.4 Å². The molecule has 4 rings (SSSR count). The van der Waals surface area contributed by atoms with Crippen molar-refractivity contribution in [2.24, 2.45) is 5.92 Å². The fraction of sp³-hybridized carbons (Fsp3) is 0.250. The van der Waals surface area contributed by atoms with Gasteiger partial charge in [0.15, 0.2) is 11.4 Å². The van der Waals surface area contributed by atoms with Gasteiger partial charge in [0.1, 0.15) is 0 Å². The third-order valence-corrected chi connectivity index (χ3v) is 5.58. The van der Waals surface area contributed by atoms with Crippen LogP contribution in [-0.2, 0) is 0 Å². The van der Waals surface area contributed by atoms with Crippen molar-refractivity contribution in [3.63, 3.8) is 0 Å². The Morgan fingerprint density at radius 1 is 0.935 bits per heavy atom. The van der Waals surface area contributed by atoms with E-state index in [-0.39, 0.29) is 36.1 Å². The molecule has 0 aliphatic carbocycles. The van der Waals surface area contributed by atoms with E-state index in [0.717, 1.165) is 11.1 Å². The molecule has 1 aliphatic rings. The number of benzene rings is 2. The number of nitrogens with one attached hydrogen (secondary N) is 1. The van der Waals surface area contributed by atoms with E-state index in [1.807, 2.05) is 79.5 Å². The standard InChI is InChI=1S/C24H25N3O3.ClH/c1-16(2)19-15-27(26-14-13-20(28)23(29)22(26)24(30)25-19)21(17-9-5-3-6-10-17)18-11-7-4-8-12-18;/h3-14,16,19,21,29H,15H2,1-2H3,(H,25,30);1H/t19-;/m1./s1. The first kappa shape index (κ1) is 22.4. The van der Waals surface area contributed by atoms with Gasteiger partial charge in [0.25, 0.3) is 5.91 Å². The first-order valence-corrected chi connectivity index (χ1v) is 10.1. The minimum atomic E-state index is -0.574. The van der Waals surface area contributed by atoms with Gasteiger partial charge in [-0.3, -0.25) is 19.3 Å². The van der Waals surface area contributed by atoms with E-state index in [4.69, 9.17) is 0 Å². The largest absolute Gasteiger partial charge is 0.502 e. The minimum absolute atomic E-state index is 0. The maximum Gasteiger partial charge on any atom is 0.274 e. The molecule has 7 heteroatoms. The molecule has 6 nitrogen and oxygen atoms in total. The highest BCUT2D eigenvalue weighted by molar-refractivity contribution is 5.95. The normalized spacial score (nSPS) is 15.8. The van der Waals surface area contributed by atoms with Gasteiger partial charge in [0.2, 0.25) is 5.43 Å². The monoisotopic (exact) mass is 439 g/mol. The molecule has 0 saturated carbocycles. The average molecular weight is 440 g/mol. The fourth-order valence-electron chi connectivity index (χ4n) is 3.93.